The zero-order valence-electron chi connectivity index (χ0n) is 11.6. The SMILES string of the molecule is C/C(=N/Nc1ccccn1)c1ccc(OCC(N)=O)cc1. The molecule has 0 bridgehead atoms. The van der Waals surface area contributed by atoms with Gasteiger partial charge in [-0.3, -0.25) is 10.2 Å². The third-order valence-electron chi connectivity index (χ3n) is 2.66. The van der Waals surface area contributed by atoms with Crippen LogP contribution in [0.25, 0.3) is 0 Å². The average molecular weight is 284 g/mol. The van der Waals surface area contributed by atoms with E-state index >= 15 is 0 Å². The molecule has 0 aliphatic heterocycles. The van der Waals surface area contributed by atoms with Crippen molar-refractivity contribution < 1.29 is 9.53 Å². The summed E-state index contributed by atoms with van der Waals surface area (Å²) in [5.74, 6) is 0.762. The Hall–Kier alpha value is -2.89. The lowest BCUT2D eigenvalue weighted by Gasteiger charge is -2.06. The molecule has 6 heteroatoms. The molecular formula is C15H16N4O2. The predicted molar refractivity (Wildman–Crippen MR) is 81.2 cm³/mol. The van der Waals surface area contributed by atoms with Crippen LogP contribution < -0.4 is 15.9 Å². The number of primary amides is 1. The molecule has 1 heterocycles. The average Bonchev–Trinajstić information content (AvgIpc) is 2.52. The Kier molecular flexibility index (Phi) is 4.87. The van der Waals surface area contributed by atoms with E-state index in [9.17, 15) is 4.79 Å². The summed E-state index contributed by atoms with van der Waals surface area (Å²) >= 11 is 0. The van der Waals surface area contributed by atoms with Gasteiger partial charge in [-0.15, -0.1) is 0 Å². The molecule has 21 heavy (non-hydrogen) atoms. The summed E-state index contributed by atoms with van der Waals surface area (Å²) in [6.07, 6.45) is 1.69. The highest BCUT2D eigenvalue weighted by Crippen LogP contribution is 2.13. The number of nitrogens with two attached hydrogens (primary N) is 1. The normalized spacial score (nSPS) is 11.0. The molecule has 6 nitrogen and oxygen atoms in total. The number of pyridine rings is 1. The zero-order chi connectivity index (χ0) is 15.1. The summed E-state index contributed by atoms with van der Waals surface area (Å²) in [7, 11) is 0. The Morgan fingerprint density at radius 2 is 2.05 bits per heavy atom. The number of anilines is 1. The smallest absolute Gasteiger partial charge is 0.255 e. The first-order valence-corrected chi connectivity index (χ1v) is 6.38. The fourth-order valence-electron chi connectivity index (χ4n) is 1.58. The van der Waals surface area contributed by atoms with Crippen LogP contribution in [0.15, 0.2) is 53.8 Å². The van der Waals surface area contributed by atoms with Crippen molar-refractivity contribution >= 4 is 17.4 Å². The summed E-state index contributed by atoms with van der Waals surface area (Å²) in [6.45, 7) is 1.75. The Labute approximate surface area is 122 Å². The van der Waals surface area contributed by atoms with Crippen molar-refractivity contribution in [2.75, 3.05) is 12.0 Å². The first-order chi connectivity index (χ1) is 10.1. The van der Waals surface area contributed by atoms with Crippen molar-refractivity contribution in [1.29, 1.82) is 0 Å². The van der Waals surface area contributed by atoms with Crippen LogP contribution in [0.3, 0.4) is 0 Å². The lowest BCUT2D eigenvalue weighted by Crippen LogP contribution is -2.20. The van der Waals surface area contributed by atoms with Crippen LogP contribution in [0.1, 0.15) is 12.5 Å². The maximum atomic E-state index is 10.6. The molecular weight excluding hydrogens is 268 g/mol. The van der Waals surface area contributed by atoms with Gasteiger partial charge in [-0.05, 0) is 48.9 Å². The molecule has 0 fully saturated rings. The fourth-order valence-corrected chi connectivity index (χ4v) is 1.58. The number of carbonyl (C=O) groups excluding carboxylic acids is 1. The van der Waals surface area contributed by atoms with E-state index in [2.05, 4.69) is 15.5 Å². The molecule has 1 amide bonds. The Morgan fingerprint density at radius 1 is 1.29 bits per heavy atom. The lowest BCUT2D eigenvalue weighted by atomic mass is 10.1. The number of aromatic nitrogens is 1. The Morgan fingerprint density at radius 3 is 2.67 bits per heavy atom. The molecule has 2 aromatic rings. The molecule has 0 aliphatic carbocycles. The third-order valence-corrected chi connectivity index (χ3v) is 2.66. The number of rotatable bonds is 6. The van der Waals surface area contributed by atoms with Gasteiger partial charge < -0.3 is 10.5 Å². The maximum absolute atomic E-state index is 10.6. The number of carbonyl (C=O) groups is 1. The van der Waals surface area contributed by atoms with Crippen LogP contribution in [-0.2, 0) is 4.79 Å². The van der Waals surface area contributed by atoms with Gasteiger partial charge in [0.2, 0.25) is 0 Å². The molecule has 3 N–H and O–H groups in total. The molecule has 0 aliphatic rings. The minimum absolute atomic E-state index is 0.131. The van der Waals surface area contributed by atoms with Crippen LogP contribution in [0, 0.1) is 0 Å². The number of benzene rings is 1. The minimum Gasteiger partial charge on any atom is -0.484 e. The highest BCUT2D eigenvalue weighted by atomic mass is 16.5. The van der Waals surface area contributed by atoms with Crippen molar-refractivity contribution in [2.45, 2.75) is 6.92 Å². The molecule has 0 unspecified atom stereocenters. The van der Waals surface area contributed by atoms with Crippen LogP contribution >= 0.6 is 0 Å². The van der Waals surface area contributed by atoms with Crippen LogP contribution in [0.2, 0.25) is 0 Å². The molecule has 0 atom stereocenters. The second-order valence-corrected chi connectivity index (χ2v) is 4.30. The summed E-state index contributed by atoms with van der Waals surface area (Å²) in [5, 5.41) is 4.26. The quantitative estimate of drug-likeness (QED) is 0.625. The van der Waals surface area contributed by atoms with Gasteiger partial charge in [0.15, 0.2) is 6.61 Å². The first kappa shape index (κ1) is 14.5. The van der Waals surface area contributed by atoms with Crippen molar-refractivity contribution in [2.24, 2.45) is 10.8 Å². The van der Waals surface area contributed by atoms with Crippen molar-refractivity contribution in [3.05, 3.63) is 54.2 Å². The Balaban J connectivity index is 1.99. The monoisotopic (exact) mass is 284 g/mol. The zero-order valence-corrected chi connectivity index (χ0v) is 11.6. The lowest BCUT2D eigenvalue weighted by molar-refractivity contribution is -0.119. The van der Waals surface area contributed by atoms with Crippen LogP contribution in [0.5, 0.6) is 5.75 Å². The summed E-state index contributed by atoms with van der Waals surface area (Å²) in [4.78, 5) is 14.7. The molecule has 1 aromatic heterocycles. The van der Waals surface area contributed by atoms with E-state index in [1.165, 1.54) is 0 Å². The molecule has 0 saturated carbocycles. The van der Waals surface area contributed by atoms with Crippen molar-refractivity contribution in [3.8, 4) is 5.75 Å². The van der Waals surface area contributed by atoms with Crippen LogP contribution in [-0.4, -0.2) is 23.2 Å². The third kappa shape index (κ3) is 4.61. The molecule has 1 aromatic carbocycles. The second kappa shape index (κ2) is 7.04. The molecule has 0 radical (unpaired) electrons. The minimum atomic E-state index is -0.503. The van der Waals surface area contributed by atoms with E-state index in [-0.39, 0.29) is 6.61 Å². The van der Waals surface area contributed by atoms with E-state index < -0.39 is 5.91 Å². The Bertz CT molecular complexity index is 624. The number of hydrogen-bond donors (Lipinski definition) is 2. The number of hydrazone groups is 1. The summed E-state index contributed by atoms with van der Waals surface area (Å²) in [5.41, 5.74) is 9.64. The maximum Gasteiger partial charge on any atom is 0.255 e. The molecule has 0 saturated heterocycles. The van der Waals surface area contributed by atoms with Gasteiger partial charge in [-0.25, -0.2) is 4.98 Å². The number of nitrogens with zero attached hydrogens (tertiary/aromatic N) is 2. The summed E-state index contributed by atoms with van der Waals surface area (Å²) < 4.78 is 5.19. The van der Waals surface area contributed by atoms with E-state index in [0.29, 0.717) is 11.6 Å². The van der Waals surface area contributed by atoms with Gasteiger partial charge >= 0.3 is 0 Å². The van der Waals surface area contributed by atoms with Gasteiger partial charge in [0.25, 0.3) is 5.91 Å². The predicted octanol–water partition coefficient (Wildman–Crippen LogP) is 1.78. The topological polar surface area (TPSA) is 89.6 Å². The number of nitrogens with one attached hydrogen (secondary N) is 1. The molecule has 108 valence electrons. The van der Waals surface area contributed by atoms with Gasteiger partial charge in [-0.2, -0.15) is 5.10 Å². The summed E-state index contributed by atoms with van der Waals surface area (Å²) in [6, 6.07) is 12.8. The number of hydrogen-bond acceptors (Lipinski definition) is 5. The van der Waals surface area contributed by atoms with Gasteiger partial charge in [0.1, 0.15) is 11.6 Å². The fraction of sp³-hybridized carbons (Fsp3) is 0.133. The van der Waals surface area contributed by atoms with Crippen molar-refractivity contribution in [1.82, 2.24) is 4.98 Å². The highest BCUT2D eigenvalue weighted by Gasteiger charge is 2.01. The number of ether oxygens (including phenoxy) is 1. The number of amides is 1. The highest BCUT2D eigenvalue weighted by molar-refractivity contribution is 5.99. The van der Waals surface area contributed by atoms with E-state index in [4.69, 9.17) is 10.5 Å². The van der Waals surface area contributed by atoms with E-state index in [1.807, 2.05) is 37.3 Å². The molecule has 0 spiro atoms. The van der Waals surface area contributed by atoms with Gasteiger partial charge in [0.05, 0.1) is 5.71 Å². The first-order valence-electron chi connectivity index (χ1n) is 6.38. The molecule has 2 rings (SSSR count). The largest absolute Gasteiger partial charge is 0.484 e. The van der Waals surface area contributed by atoms with Gasteiger partial charge in [-0.1, -0.05) is 6.07 Å². The van der Waals surface area contributed by atoms with E-state index in [0.717, 1.165) is 11.3 Å². The van der Waals surface area contributed by atoms with E-state index in [1.54, 1.807) is 18.3 Å². The van der Waals surface area contributed by atoms with Gasteiger partial charge in [0, 0.05) is 6.20 Å². The second-order valence-electron chi connectivity index (χ2n) is 4.30. The standard InChI is InChI=1S/C15H16N4O2/c1-11(18-19-15-4-2-3-9-17-15)12-5-7-13(8-6-12)21-10-14(16)20/h2-9H,10H2,1H3,(H2,16,20)(H,17,19)/b18-11-. The van der Waals surface area contributed by atoms with Crippen molar-refractivity contribution in [3.63, 3.8) is 0 Å². The van der Waals surface area contributed by atoms with Crippen LogP contribution in [0.4, 0.5) is 5.82 Å².